The smallest absolute Gasteiger partial charge is 0.127 e. The molecule has 0 aliphatic heterocycles. The molecule has 5 heteroatoms. The Morgan fingerprint density at radius 3 is 2.24 bits per heavy atom. The lowest BCUT2D eigenvalue weighted by atomic mass is 9.79. The molecule has 0 atom stereocenters. The maximum absolute atomic E-state index is 14.1. The highest BCUT2D eigenvalue weighted by Gasteiger charge is 2.31. The molecule has 0 radical (unpaired) electrons. The second-order valence-corrected chi connectivity index (χ2v) is 7.01. The average Bonchev–Trinajstić information content (AvgIpc) is 2.47. The Hall–Kier alpha value is -0.260. The van der Waals surface area contributed by atoms with Crippen molar-refractivity contribution in [2.45, 2.75) is 11.8 Å². The van der Waals surface area contributed by atoms with Crippen LogP contribution in [0.5, 0.6) is 0 Å². The van der Waals surface area contributed by atoms with Crippen LogP contribution >= 0.6 is 47.8 Å². The Labute approximate surface area is 148 Å². The summed E-state index contributed by atoms with van der Waals surface area (Å²) < 4.78 is 28.4. The quantitative estimate of drug-likeness (QED) is 0.459. The van der Waals surface area contributed by atoms with E-state index in [-0.39, 0.29) is 11.6 Å². The number of halogens is 5. The van der Waals surface area contributed by atoms with Crippen molar-refractivity contribution >= 4 is 47.8 Å². The van der Waals surface area contributed by atoms with Crippen LogP contribution in [0.1, 0.15) is 11.1 Å². The van der Waals surface area contributed by atoms with E-state index in [1.807, 2.05) is 12.1 Å². The SMILES string of the molecule is Fc1cccc(C(CBr)(CBr)Cc2ccc(Br)cc2F)c1. The first kappa shape index (κ1) is 17.1. The van der Waals surface area contributed by atoms with E-state index in [9.17, 15) is 8.78 Å². The zero-order valence-corrected chi connectivity index (χ0v) is 15.8. The first-order valence-corrected chi connectivity index (χ1v) is 9.36. The van der Waals surface area contributed by atoms with Crippen molar-refractivity contribution in [2.75, 3.05) is 10.7 Å². The maximum atomic E-state index is 14.1. The molecule has 0 N–H and O–H groups in total. The molecule has 0 saturated carbocycles. The molecule has 0 spiro atoms. The predicted molar refractivity (Wildman–Crippen MR) is 93.5 cm³/mol. The summed E-state index contributed by atoms with van der Waals surface area (Å²) in [7, 11) is 0. The standard InChI is InChI=1S/C16H13Br3F2/c17-9-16(10-18,12-2-1-3-14(20)6-12)8-11-4-5-13(19)7-15(11)21/h1-7H,8-10H2. The van der Waals surface area contributed by atoms with Gasteiger partial charge in [0.2, 0.25) is 0 Å². The van der Waals surface area contributed by atoms with Gasteiger partial charge >= 0.3 is 0 Å². The van der Waals surface area contributed by atoms with Gasteiger partial charge in [0.25, 0.3) is 0 Å². The van der Waals surface area contributed by atoms with Crippen molar-refractivity contribution in [3.8, 4) is 0 Å². The summed E-state index contributed by atoms with van der Waals surface area (Å²) in [5.74, 6) is -0.540. The van der Waals surface area contributed by atoms with Crippen molar-refractivity contribution in [3.05, 3.63) is 69.7 Å². The van der Waals surface area contributed by atoms with Gasteiger partial charge in [-0.1, -0.05) is 66.0 Å². The first-order valence-electron chi connectivity index (χ1n) is 6.33. The number of hydrogen-bond donors (Lipinski definition) is 0. The summed E-state index contributed by atoms with van der Waals surface area (Å²) in [5, 5.41) is 1.20. The van der Waals surface area contributed by atoms with E-state index in [0.717, 1.165) is 5.56 Å². The highest BCUT2D eigenvalue weighted by atomic mass is 79.9. The van der Waals surface area contributed by atoms with E-state index in [1.165, 1.54) is 18.2 Å². The van der Waals surface area contributed by atoms with Crippen LogP contribution in [0.4, 0.5) is 8.78 Å². The third-order valence-corrected chi connectivity index (χ3v) is 6.13. The molecular weight excluding hydrogens is 470 g/mol. The molecule has 0 aromatic heterocycles. The van der Waals surface area contributed by atoms with E-state index >= 15 is 0 Å². The van der Waals surface area contributed by atoms with Gasteiger partial charge in [-0.3, -0.25) is 0 Å². The van der Waals surface area contributed by atoms with Crippen LogP contribution in [-0.4, -0.2) is 10.7 Å². The summed E-state index contributed by atoms with van der Waals surface area (Å²) in [5.41, 5.74) is 1.05. The average molecular weight is 483 g/mol. The number of hydrogen-bond acceptors (Lipinski definition) is 0. The molecule has 0 aliphatic carbocycles. The number of benzene rings is 2. The lowest BCUT2D eigenvalue weighted by molar-refractivity contribution is 0.517. The molecule has 112 valence electrons. The molecule has 2 aromatic rings. The Kier molecular flexibility index (Phi) is 5.97. The van der Waals surface area contributed by atoms with Crippen LogP contribution in [0, 0.1) is 11.6 Å². The first-order chi connectivity index (χ1) is 10.0. The van der Waals surface area contributed by atoms with Crippen LogP contribution in [0.25, 0.3) is 0 Å². The Morgan fingerprint density at radius 1 is 0.952 bits per heavy atom. The molecular formula is C16H13Br3F2. The molecule has 0 bridgehead atoms. The third-order valence-electron chi connectivity index (χ3n) is 3.49. The molecule has 0 amide bonds. The third kappa shape index (κ3) is 3.93. The topological polar surface area (TPSA) is 0 Å². The van der Waals surface area contributed by atoms with Crippen LogP contribution < -0.4 is 0 Å². The number of rotatable bonds is 5. The summed E-state index contributed by atoms with van der Waals surface area (Å²) in [4.78, 5) is 0. The van der Waals surface area contributed by atoms with Crippen LogP contribution in [0.3, 0.4) is 0 Å². The van der Waals surface area contributed by atoms with E-state index in [0.29, 0.717) is 27.1 Å². The number of alkyl halides is 2. The minimum Gasteiger partial charge on any atom is -0.207 e. The van der Waals surface area contributed by atoms with E-state index in [2.05, 4.69) is 47.8 Å². The zero-order valence-electron chi connectivity index (χ0n) is 11.1. The fourth-order valence-corrected chi connectivity index (χ4v) is 4.54. The van der Waals surface area contributed by atoms with Gasteiger partial charge in [0.05, 0.1) is 0 Å². The molecule has 0 nitrogen and oxygen atoms in total. The van der Waals surface area contributed by atoms with Gasteiger partial charge in [0.1, 0.15) is 11.6 Å². The highest BCUT2D eigenvalue weighted by molar-refractivity contribution is 9.10. The van der Waals surface area contributed by atoms with Crippen molar-refractivity contribution in [1.82, 2.24) is 0 Å². The predicted octanol–water partition coefficient (Wildman–Crippen LogP) is 6.00. The minimum atomic E-state index is -0.406. The summed E-state index contributed by atoms with van der Waals surface area (Å²) >= 11 is 10.3. The lowest BCUT2D eigenvalue weighted by Crippen LogP contribution is -2.33. The van der Waals surface area contributed by atoms with E-state index in [1.54, 1.807) is 12.1 Å². The molecule has 2 aromatic carbocycles. The molecule has 0 heterocycles. The van der Waals surface area contributed by atoms with Crippen LogP contribution in [-0.2, 0) is 11.8 Å². The normalized spacial score (nSPS) is 11.7. The molecule has 2 rings (SSSR count). The fraction of sp³-hybridized carbons (Fsp3) is 0.250. The van der Waals surface area contributed by atoms with Gasteiger partial charge in [-0.2, -0.15) is 0 Å². The van der Waals surface area contributed by atoms with Gasteiger partial charge < -0.3 is 0 Å². The van der Waals surface area contributed by atoms with Gasteiger partial charge in [0.15, 0.2) is 0 Å². The summed E-state index contributed by atoms with van der Waals surface area (Å²) in [6.07, 6.45) is 0.478. The van der Waals surface area contributed by atoms with Gasteiger partial charge in [-0.05, 0) is 41.8 Å². The highest BCUT2D eigenvalue weighted by Crippen LogP contribution is 2.34. The van der Waals surface area contributed by atoms with Crippen molar-refractivity contribution in [1.29, 1.82) is 0 Å². The van der Waals surface area contributed by atoms with E-state index in [4.69, 9.17) is 0 Å². The molecule has 0 fully saturated rings. The van der Waals surface area contributed by atoms with Crippen LogP contribution in [0.15, 0.2) is 46.9 Å². The maximum Gasteiger partial charge on any atom is 0.127 e. The lowest BCUT2D eigenvalue weighted by Gasteiger charge is -2.31. The van der Waals surface area contributed by atoms with Gasteiger partial charge in [-0.25, -0.2) is 8.78 Å². The molecule has 21 heavy (non-hydrogen) atoms. The second-order valence-electron chi connectivity index (χ2n) is 4.97. The molecule has 0 unspecified atom stereocenters. The molecule has 0 aliphatic rings. The zero-order chi connectivity index (χ0) is 15.5. The molecule has 0 saturated heterocycles. The Morgan fingerprint density at radius 2 is 1.67 bits per heavy atom. The van der Waals surface area contributed by atoms with Crippen molar-refractivity contribution in [3.63, 3.8) is 0 Å². The second kappa shape index (κ2) is 7.34. The monoisotopic (exact) mass is 480 g/mol. The van der Waals surface area contributed by atoms with Crippen molar-refractivity contribution < 1.29 is 8.78 Å². The van der Waals surface area contributed by atoms with Crippen molar-refractivity contribution in [2.24, 2.45) is 0 Å². The van der Waals surface area contributed by atoms with E-state index < -0.39 is 5.41 Å². The van der Waals surface area contributed by atoms with Crippen LogP contribution in [0.2, 0.25) is 0 Å². The minimum absolute atomic E-state index is 0.257. The Balaban J connectivity index is 2.43. The summed E-state index contributed by atoms with van der Waals surface area (Å²) in [6.45, 7) is 0. The summed E-state index contributed by atoms with van der Waals surface area (Å²) in [6, 6.07) is 11.5. The largest absolute Gasteiger partial charge is 0.207 e. The van der Waals surface area contributed by atoms with Gasteiger partial charge in [0, 0.05) is 20.5 Å². The van der Waals surface area contributed by atoms with Gasteiger partial charge in [-0.15, -0.1) is 0 Å². The fourth-order valence-electron chi connectivity index (χ4n) is 2.23. The Bertz CT molecular complexity index is 625.